The number of benzene rings is 1. The van der Waals surface area contributed by atoms with Crippen molar-refractivity contribution in [3.05, 3.63) is 28.2 Å². The Hall–Kier alpha value is -1.23. The molecule has 4 nitrogen and oxygen atoms in total. The van der Waals surface area contributed by atoms with Crippen LogP contribution in [0.25, 0.3) is 0 Å². The zero-order valence-corrected chi connectivity index (χ0v) is 16.0. The van der Waals surface area contributed by atoms with Crippen LogP contribution in [0.15, 0.2) is 22.7 Å². The fraction of sp³-hybridized carbons (Fsp3) is 0.611. The number of aryl methyl sites for hydroxylation is 1. The highest BCUT2D eigenvalue weighted by Gasteiger charge is 2.24. The molecule has 0 unspecified atom stereocenters. The number of anilines is 1. The number of amides is 1. The van der Waals surface area contributed by atoms with Crippen molar-refractivity contribution >= 4 is 27.7 Å². The van der Waals surface area contributed by atoms with Crippen molar-refractivity contribution in [2.75, 3.05) is 5.32 Å². The maximum absolute atomic E-state index is 11.8. The highest BCUT2D eigenvalue weighted by atomic mass is 79.9. The monoisotopic (exact) mass is 382 g/mol. The van der Waals surface area contributed by atoms with Crippen LogP contribution >= 0.6 is 15.9 Å². The van der Waals surface area contributed by atoms with E-state index in [2.05, 4.69) is 51.7 Å². The predicted octanol–water partition coefficient (Wildman–Crippen LogP) is 5.01. The van der Waals surface area contributed by atoms with Crippen molar-refractivity contribution in [3.63, 3.8) is 0 Å². The summed E-state index contributed by atoms with van der Waals surface area (Å²) < 4.78 is 6.45. The lowest BCUT2D eigenvalue weighted by atomic mass is 9.91. The van der Waals surface area contributed by atoms with E-state index < -0.39 is 5.60 Å². The van der Waals surface area contributed by atoms with Gasteiger partial charge in [0.1, 0.15) is 5.60 Å². The number of hydrogen-bond donors (Lipinski definition) is 2. The molecule has 1 amide bonds. The molecular formula is C18H27BrN2O2. The van der Waals surface area contributed by atoms with Crippen molar-refractivity contribution in [1.82, 2.24) is 5.32 Å². The maximum atomic E-state index is 11.8. The van der Waals surface area contributed by atoms with Gasteiger partial charge < -0.3 is 15.4 Å². The van der Waals surface area contributed by atoms with E-state index >= 15 is 0 Å². The van der Waals surface area contributed by atoms with Crippen LogP contribution in [-0.4, -0.2) is 23.8 Å². The van der Waals surface area contributed by atoms with E-state index in [1.54, 1.807) is 0 Å². The molecule has 23 heavy (non-hydrogen) atoms. The minimum absolute atomic E-state index is 0.217. The van der Waals surface area contributed by atoms with Crippen molar-refractivity contribution < 1.29 is 9.53 Å². The lowest BCUT2D eigenvalue weighted by molar-refractivity contribution is 0.0492. The molecule has 1 aromatic rings. The molecule has 2 N–H and O–H groups in total. The largest absolute Gasteiger partial charge is 0.444 e. The van der Waals surface area contributed by atoms with E-state index in [0.29, 0.717) is 6.04 Å². The van der Waals surface area contributed by atoms with Crippen LogP contribution in [-0.2, 0) is 4.74 Å². The maximum Gasteiger partial charge on any atom is 0.407 e. The summed E-state index contributed by atoms with van der Waals surface area (Å²) in [6.45, 7) is 7.74. The van der Waals surface area contributed by atoms with Gasteiger partial charge in [-0.05, 0) is 77.1 Å². The van der Waals surface area contributed by atoms with E-state index in [-0.39, 0.29) is 12.1 Å². The molecule has 0 spiro atoms. The molecule has 2 rings (SSSR count). The Morgan fingerprint density at radius 3 is 2.35 bits per heavy atom. The van der Waals surface area contributed by atoms with E-state index in [1.807, 2.05) is 20.8 Å². The minimum atomic E-state index is -0.442. The molecule has 1 fully saturated rings. The van der Waals surface area contributed by atoms with Gasteiger partial charge in [0, 0.05) is 22.2 Å². The molecule has 0 atom stereocenters. The summed E-state index contributed by atoms with van der Waals surface area (Å²) in [7, 11) is 0. The molecule has 0 bridgehead atoms. The van der Waals surface area contributed by atoms with Crippen molar-refractivity contribution in [2.45, 2.75) is 71.1 Å². The summed E-state index contributed by atoms with van der Waals surface area (Å²) in [5.41, 5.74) is 1.95. The van der Waals surface area contributed by atoms with Crippen LogP contribution in [0, 0.1) is 6.92 Å². The first-order chi connectivity index (χ1) is 10.7. The Kier molecular flexibility index (Phi) is 5.95. The third-order valence-corrected chi connectivity index (χ3v) is 4.87. The normalized spacial score (nSPS) is 21.6. The standard InChI is InChI=1S/C18H27BrN2O2/c1-12-11-15(9-10-16(12)19)20-13-5-7-14(8-6-13)21-17(22)23-18(2,3)4/h9-11,13-14,20H,5-8H2,1-4H3,(H,21,22). The topological polar surface area (TPSA) is 50.4 Å². The average Bonchev–Trinajstić information content (AvgIpc) is 2.43. The van der Waals surface area contributed by atoms with Gasteiger partial charge in [-0.3, -0.25) is 0 Å². The van der Waals surface area contributed by atoms with E-state index in [1.165, 1.54) is 5.56 Å². The lowest BCUT2D eigenvalue weighted by Crippen LogP contribution is -2.42. The van der Waals surface area contributed by atoms with Crippen LogP contribution in [0.3, 0.4) is 0 Å². The van der Waals surface area contributed by atoms with Gasteiger partial charge in [0.25, 0.3) is 0 Å². The SMILES string of the molecule is Cc1cc(NC2CCC(NC(=O)OC(C)(C)C)CC2)ccc1Br. The number of halogens is 1. The Balaban J connectivity index is 1.77. The summed E-state index contributed by atoms with van der Waals surface area (Å²) in [5.74, 6) is 0. The average molecular weight is 383 g/mol. The first-order valence-corrected chi connectivity index (χ1v) is 9.04. The molecule has 1 aliphatic carbocycles. The van der Waals surface area contributed by atoms with Gasteiger partial charge >= 0.3 is 6.09 Å². The second-order valence-electron chi connectivity index (χ2n) is 7.30. The van der Waals surface area contributed by atoms with E-state index in [9.17, 15) is 4.79 Å². The fourth-order valence-corrected chi connectivity index (χ4v) is 3.07. The summed E-state index contributed by atoms with van der Waals surface area (Å²) in [6, 6.07) is 7.02. The van der Waals surface area contributed by atoms with Gasteiger partial charge in [-0.1, -0.05) is 15.9 Å². The molecule has 1 aromatic carbocycles. The number of hydrogen-bond acceptors (Lipinski definition) is 3. The third kappa shape index (κ3) is 6.05. The molecule has 128 valence electrons. The van der Waals surface area contributed by atoms with Gasteiger partial charge in [0.05, 0.1) is 0 Å². The number of nitrogens with one attached hydrogen (secondary N) is 2. The van der Waals surface area contributed by atoms with Crippen molar-refractivity contribution in [3.8, 4) is 0 Å². The molecule has 0 aliphatic heterocycles. The predicted molar refractivity (Wildman–Crippen MR) is 97.9 cm³/mol. The van der Waals surface area contributed by atoms with Gasteiger partial charge in [-0.2, -0.15) is 0 Å². The van der Waals surface area contributed by atoms with Crippen LogP contribution in [0.5, 0.6) is 0 Å². The lowest BCUT2D eigenvalue weighted by Gasteiger charge is -2.31. The van der Waals surface area contributed by atoms with Gasteiger partial charge in [0.15, 0.2) is 0 Å². The Bertz CT molecular complexity index is 546. The summed E-state index contributed by atoms with van der Waals surface area (Å²) in [4.78, 5) is 11.8. The number of ether oxygens (including phenoxy) is 1. The smallest absolute Gasteiger partial charge is 0.407 e. The third-order valence-electron chi connectivity index (χ3n) is 3.98. The van der Waals surface area contributed by atoms with Crippen molar-refractivity contribution in [1.29, 1.82) is 0 Å². The second-order valence-corrected chi connectivity index (χ2v) is 8.16. The molecule has 1 aliphatic rings. The summed E-state index contributed by atoms with van der Waals surface area (Å²) in [6.07, 6.45) is 3.75. The van der Waals surface area contributed by atoms with Crippen LogP contribution in [0.4, 0.5) is 10.5 Å². The number of rotatable bonds is 3. The van der Waals surface area contributed by atoms with E-state index in [0.717, 1.165) is 35.8 Å². The van der Waals surface area contributed by atoms with Gasteiger partial charge in [-0.15, -0.1) is 0 Å². The molecule has 0 heterocycles. The fourth-order valence-electron chi connectivity index (χ4n) is 2.83. The molecule has 0 aromatic heterocycles. The zero-order chi connectivity index (χ0) is 17.0. The molecular weight excluding hydrogens is 356 g/mol. The molecule has 5 heteroatoms. The summed E-state index contributed by atoms with van der Waals surface area (Å²) >= 11 is 3.53. The first-order valence-electron chi connectivity index (χ1n) is 8.25. The van der Waals surface area contributed by atoms with Crippen molar-refractivity contribution in [2.24, 2.45) is 0 Å². The number of alkyl carbamates (subject to hydrolysis) is 1. The van der Waals surface area contributed by atoms with E-state index in [4.69, 9.17) is 4.74 Å². The number of carbonyl (C=O) groups excluding carboxylic acids is 1. The number of carbonyl (C=O) groups is 1. The van der Waals surface area contributed by atoms with Crippen LogP contribution in [0.2, 0.25) is 0 Å². The molecule has 0 saturated heterocycles. The Morgan fingerprint density at radius 2 is 1.78 bits per heavy atom. The highest BCUT2D eigenvalue weighted by Crippen LogP contribution is 2.25. The Labute approximate surface area is 147 Å². The summed E-state index contributed by atoms with van der Waals surface area (Å²) in [5, 5.41) is 6.58. The zero-order valence-electron chi connectivity index (χ0n) is 14.4. The first kappa shape index (κ1) is 18.1. The quantitative estimate of drug-likeness (QED) is 0.772. The minimum Gasteiger partial charge on any atom is -0.444 e. The van der Waals surface area contributed by atoms with Crippen LogP contribution in [0.1, 0.15) is 52.0 Å². The molecule has 0 radical (unpaired) electrons. The van der Waals surface area contributed by atoms with Crippen LogP contribution < -0.4 is 10.6 Å². The second kappa shape index (κ2) is 7.56. The highest BCUT2D eigenvalue weighted by molar-refractivity contribution is 9.10. The van der Waals surface area contributed by atoms with Gasteiger partial charge in [0.2, 0.25) is 0 Å². The molecule has 1 saturated carbocycles. The van der Waals surface area contributed by atoms with Gasteiger partial charge in [-0.25, -0.2) is 4.79 Å². The Morgan fingerprint density at radius 1 is 1.17 bits per heavy atom.